The molecule has 6 heteroatoms. The summed E-state index contributed by atoms with van der Waals surface area (Å²) in [5.74, 6) is -0.765. The number of amides is 1. The Bertz CT molecular complexity index is 501. The highest BCUT2D eigenvalue weighted by Gasteiger charge is 2.20. The van der Waals surface area contributed by atoms with Gasteiger partial charge in [-0.1, -0.05) is 12.1 Å². The zero-order valence-electron chi connectivity index (χ0n) is 12.6. The van der Waals surface area contributed by atoms with Crippen LogP contribution in [0.4, 0.5) is 0 Å². The lowest BCUT2D eigenvalue weighted by Crippen LogP contribution is -2.35. The van der Waals surface area contributed by atoms with Crippen LogP contribution in [0.1, 0.15) is 22.3 Å². The van der Waals surface area contributed by atoms with Gasteiger partial charge in [-0.2, -0.15) is 0 Å². The molecule has 1 aromatic rings. The molecule has 0 bridgehead atoms. The minimum Gasteiger partial charge on any atom is -0.507 e. The number of carbonyl (C=O) groups excluding carboxylic acids is 2. The van der Waals surface area contributed by atoms with Crippen LogP contribution in [0, 0.1) is 6.92 Å². The van der Waals surface area contributed by atoms with E-state index in [2.05, 4.69) is 4.74 Å². The Morgan fingerprint density at radius 1 is 1.24 bits per heavy atom. The molecular formula is C15H21NO5. The number of aromatic hydroxyl groups is 1. The number of rotatable bonds is 7. The van der Waals surface area contributed by atoms with Gasteiger partial charge in [-0.25, -0.2) is 0 Å². The van der Waals surface area contributed by atoms with Crippen molar-refractivity contribution in [2.45, 2.75) is 13.3 Å². The highest BCUT2D eigenvalue weighted by Crippen LogP contribution is 2.23. The molecule has 1 amide bonds. The molecular weight excluding hydrogens is 274 g/mol. The van der Waals surface area contributed by atoms with Gasteiger partial charge < -0.3 is 19.5 Å². The summed E-state index contributed by atoms with van der Waals surface area (Å²) in [6.07, 6.45) is 0.0958. The summed E-state index contributed by atoms with van der Waals surface area (Å²) in [5.41, 5.74) is 0.844. The molecule has 0 spiro atoms. The highest BCUT2D eigenvalue weighted by molar-refractivity contribution is 5.97. The second kappa shape index (κ2) is 8.26. The predicted molar refractivity (Wildman–Crippen MR) is 77.3 cm³/mol. The van der Waals surface area contributed by atoms with E-state index in [1.807, 2.05) is 0 Å². The number of para-hydroxylation sites is 1. The third kappa shape index (κ3) is 4.75. The van der Waals surface area contributed by atoms with Gasteiger partial charge in [0.25, 0.3) is 5.91 Å². The summed E-state index contributed by atoms with van der Waals surface area (Å²) in [7, 11) is 2.84. The van der Waals surface area contributed by atoms with Gasteiger partial charge in [0.2, 0.25) is 0 Å². The first-order valence-electron chi connectivity index (χ1n) is 6.64. The number of methoxy groups -OCH3 is 2. The molecule has 21 heavy (non-hydrogen) atoms. The number of carbonyl (C=O) groups is 2. The molecule has 1 rings (SSSR count). The zero-order valence-corrected chi connectivity index (χ0v) is 12.6. The van der Waals surface area contributed by atoms with Crippen molar-refractivity contribution in [1.29, 1.82) is 0 Å². The highest BCUT2D eigenvalue weighted by atomic mass is 16.5. The van der Waals surface area contributed by atoms with Gasteiger partial charge in [-0.05, 0) is 18.6 Å². The number of benzene rings is 1. The van der Waals surface area contributed by atoms with Gasteiger partial charge >= 0.3 is 5.97 Å². The van der Waals surface area contributed by atoms with E-state index in [0.717, 1.165) is 0 Å². The van der Waals surface area contributed by atoms with Crippen molar-refractivity contribution in [2.75, 3.05) is 33.9 Å². The van der Waals surface area contributed by atoms with Gasteiger partial charge in [0.05, 0.1) is 25.7 Å². The van der Waals surface area contributed by atoms with Crippen LogP contribution >= 0.6 is 0 Å². The summed E-state index contributed by atoms with van der Waals surface area (Å²) >= 11 is 0. The first kappa shape index (κ1) is 17.0. The Morgan fingerprint density at radius 3 is 2.57 bits per heavy atom. The fourth-order valence-corrected chi connectivity index (χ4v) is 1.85. The van der Waals surface area contributed by atoms with E-state index in [9.17, 15) is 14.7 Å². The minimum atomic E-state index is -0.390. The average Bonchev–Trinajstić information content (AvgIpc) is 2.49. The predicted octanol–water partition coefficient (Wildman–Crippen LogP) is 1.35. The Hall–Kier alpha value is -2.08. The normalized spacial score (nSPS) is 10.2. The second-order valence-corrected chi connectivity index (χ2v) is 4.58. The Balaban J connectivity index is 2.88. The van der Waals surface area contributed by atoms with E-state index in [4.69, 9.17) is 4.74 Å². The maximum atomic E-state index is 12.5. The van der Waals surface area contributed by atoms with Gasteiger partial charge in [-0.15, -0.1) is 0 Å². The van der Waals surface area contributed by atoms with Crippen LogP contribution in [0.3, 0.4) is 0 Å². The van der Waals surface area contributed by atoms with Crippen LogP contribution in [0.15, 0.2) is 18.2 Å². The molecule has 0 saturated heterocycles. The number of ether oxygens (including phenoxy) is 2. The number of aryl methyl sites for hydroxylation is 1. The van der Waals surface area contributed by atoms with E-state index < -0.39 is 5.97 Å². The SMILES string of the molecule is COCCN(CCC(=O)OC)C(=O)c1cccc(C)c1O. The van der Waals surface area contributed by atoms with Crippen molar-refractivity contribution in [3.8, 4) is 5.75 Å². The third-order valence-electron chi connectivity index (χ3n) is 3.13. The minimum absolute atomic E-state index is 0.0389. The summed E-state index contributed by atoms with van der Waals surface area (Å²) in [6, 6.07) is 4.99. The van der Waals surface area contributed by atoms with Crippen LogP contribution in [-0.2, 0) is 14.3 Å². The summed E-state index contributed by atoms with van der Waals surface area (Å²) < 4.78 is 9.55. The second-order valence-electron chi connectivity index (χ2n) is 4.58. The van der Waals surface area contributed by atoms with E-state index >= 15 is 0 Å². The smallest absolute Gasteiger partial charge is 0.307 e. The lowest BCUT2D eigenvalue weighted by atomic mass is 10.1. The number of hydrogen-bond donors (Lipinski definition) is 1. The van der Waals surface area contributed by atoms with Crippen molar-refractivity contribution < 1.29 is 24.2 Å². The van der Waals surface area contributed by atoms with E-state index in [0.29, 0.717) is 18.7 Å². The largest absolute Gasteiger partial charge is 0.507 e. The summed E-state index contributed by atoms with van der Waals surface area (Å²) in [4.78, 5) is 25.2. The van der Waals surface area contributed by atoms with E-state index in [1.54, 1.807) is 25.1 Å². The number of phenols is 1. The van der Waals surface area contributed by atoms with E-state index in [1.165, 1.54) is 19.1 Å². The van der Waals surface area contributed by atoms with Gasteiger partial charge in [-0.3, -0.25) is 9.59 Å². The lowest BCUT2D eigenvalue weighted by molar-refractivity contribution is -0.140. The Kier molecular flexibility index (Phi) is 6.68. The average molecular weight is 295 g/mol. The maximum absolute atomic E-state index is 12.5. The first-order chi connectivity index (χ1) is 10.0. The molecule has 0 aliphatic heterocycles. The van der Waals surface area contributed by atoms with Crippen molar-refractivity contribution in [3.63, 3.8) is 0 Å². The molecule has 0 atom stereocenters. The Labute approximate surface area is 124 Å². The molecule has 1 aromatic carbocycles. The fourth-order valence-electron chi connectivity index (χ4n) is 1.85. The van der Waals surface area contributed by atoms with Crippen LogP contribution in [0.25, 0.3) is 0 Å². The number of esters is 1. The van der Waals surface area contributed by atoms with Gasteiger partial charge in [0.15, 0.2) is 0 Å². The number of hydrogen-bond acceptors (Lipinski definition) is 5. The zero-order chi connectivity index (χ0) is 15.8. The molecule has 0 aliphatic carbocycles. The van der Waals surface area contributed by atoms with Crippen LogP contribution in [-0.4, -0.2) is 55.8 Å². The number of phenolic OH excluding ortho intramolecular Hbond substituents is 1. The van der Waals surface area contributed by atoms with E-state index in [-0.39, 0.29) is 30.2 Å². The quantitative estimate of drug-likeness (QED) is 0.768. The molecule has 0 unspecified atom stereocenters. The van der Waals surface area contributed by atoms with Crippen molar-refractivity contribution >= 4 is 11.9 Å². The first-order valence-corrected chi connectivity index (χ1v) is 6.64. The standard InChI is InChI=1S/C15H21NO5/c1-11-5-4-6-12(14(11)18)15(19)16(9-10-20-2)8-7-13(17)21-3/h4-6,18H,7-10H2,1-3H3. The molecule has 1 N–H and O–H groups in total. The molecule has 0 radical (unpaired) electrons. The van der Waals surface area contributed by atoms with Crippen molar-refractivity contribution in [2.24, 2.45) is 0 Å². The third-order valence-corrected chi connectivity index (χ3v) is 3.13. The molecule has 0 aliphatic rings. The molecule has 116 valence electrons. The maximum Gasteiger partial charge on any atom is 0.307 e. The van der Waals surface area contributed by atoms with Crippen LogP contribution in [0.2, 0.25) is 0 Å². The molecule has 6 nitrogen and oxygen atoms in total. The fraction of sp³-hybridized carbons (Fsp3) is 0.467. The monoisotopic (exact) mass is 295 g/mol. The van der Waals surface area contributed by atoms with Gasteiger partial charge in [0, 0.05) is 20.2 Å². The molecule has 0 saturated carbocycles. The lowest BCUT2D eigenvalue weighted by Gasteiger charge is -2.22. The van der Waals surface area contributed by atoms with Crippen molar-refractivity contribution in [3.05, 3.63) is 29.3 Å². The number of nitrogens with zero attached hydrogens (tertiary/aromatic N) is 1. The molecule has 0 aromatic heterocycles. The topological polar surface area (TPSA) is 76.1 Å². The van der Waals surface area contributed by atoms with Crippen LogP contribution in [0.5, 0.6) is 5.75 Å². The summed E-state index contributed by atoms with van der Waals surface area (Å²) in [5, 5.41) is 10.00. The molecule has 0 fully saturated rings. The van der Waals surface area contributed by atoms with Gasteiger partial charge in [0.1, 0.15) is 5.75 Å². The Morgan fingerprint density at radius 2 is 1.95 bits per heavy atom. The summed E-state index contributed by atoms with van der Waals surface area (Å²) in [6.45, 7) is 2.61. The van der Waals surface area contributed by atoms with Crippen LogP contribution < -0.4 is 0 Å². The van der Waals surface area contributed by atoms with Crippen molar-refractivity contribution in [1.82, 2.24) is 4.90 Å². The molecule has 0 heterocycles.